The van der Waals surface area contributed by atoms with Crippen LogP contribution >= 0.6 is 0 Å². The maximum Gasteiger partial charge on any atom is 0.0299 e. The van der Waals surface area contributed by atoms with Gasteiger partial charge in [-0.05, 0) is 55.6 Å². The van der Waals surface area contributed by atoms with Crippen molar-refractivity contribution < 1.29 is 52.7 Å². The monoisotopic (exact) mass is 1110 g/mol. The van der Waals surface area contributed by atoms with E-state index < -0.39 is 0 Å². The summed E-state index contributed by atoms with van der Waals surface area (Å²) >= 11 is 0. The number of hydrogen-bond acceptors (Lipinski definition) is 0. The molecule has 0 N–H and O–H groups in total. The smallest absolute Gasteiger partial charge is 0.0299 e. The first-order valence-corrected chi connectivity index (χ1v) is 24.9. The Hall–Kier alpha value is -7.80. The van der Waals surface area contributed by atoms with Gasteiger partial charge in [-0.15, -0.1) is 0 Å². The van der Waals surface area contributed by atoms with E-state index in [-0.39, 0.29) is 34.1 Å². The van der Waals surface area contributed by atoms with E-state index in [1.54, 1.807) is 0 Å². The number of hydrogen-bond donors (Lipinski definition) is 0. The number of rotatable bonds is 10. The molecule has 2 aliphatic carbocycles. The van der Waals surface area contributed by atoms with Crippen LogP contribution < -0.4 is 0 Å². The molecule has 6 heteroatoms. The first-order valence-electron chi connectivity index (χ1n) is 24.9. The maximum absolute atomic E-state index is 7.50. The summed E-state index contributed by atoms with van der Waals surface area (Å²) in [4.78, 5) is 0. The first-order chi connectivity index (χ1) is 38.8. The fraction of sp³-hybridized carbons (Fsp3) is 0. The van der Waals surface area contributed by atoms with Gasteiger partial charge in [0.15, 0.2) is 0 Å². The van der Waals surface area contributed by atoms with Crippen LogP contribution in [0.2, 0.25) is 0 Å². The number of benzene rings is 10. The molecule has 386 valence electrons. The first kappa shape index (κ1) is 63.0. The van der Waals surface area contributed by atoms with E-state index in [4.69, 9.17) is 18.6 Å². The Balaban J connectivity index is 0.000000256. The van der Waals surface area contributed by atoms with E-state index in [1.165, 1.54) is 115 Å². The topological polar surface area (TPSA) is 79.6 Å². The van der Waals surface area contributed by atoms with Gasteiger partial charge in [0.25, 0.3) is 0 Å². The Kier molecular flexibility index (Phi) is 26.5. The molecule has 2 saturated carbocycles. The van der Waals surface area contributed by atoms with Gasteiger partial charge in [-0.25, -0.2) is 0 Å². The SMILES string of the molecule is [C-]#[O+].[C-]#[O+].[C-]#[O+].[C-]#[O+].[Fe].[Fe].c1ccc([C]2[C](c3ccccc3)[C](c3ccccc3)[C](c3ccccc3)[C]2c2ccccc2)cc1.c1ccc([C]2[C](c3ccccc3)[C](c3ccccc3)[C](c3ccccc3)[C]2c2ccccc2)cc1. The van der Waals surface area contributed by atoms with E-state index in [9.17, 15) is 0 Å². The quantitative estimate of drug-likeness (QED) is 0.0743. The molecule has 0 saturated heterocycles. The summed E-state index contributed by atoms with van der Waals surface area (Å²) in [7, 11) is 0. The summed E-state index contributed by atoms with van der Waals surface area (Å²) in [5, 5.41) is 0. The van der Waals surface area contributed by atoms with Crippen LogP contribution in [0.4, 0.5) is 0 Å². The molecule has 80 heavy (non-hydrogen) atoms. The molecular formula is C74H50Fe2O4. The molecule has 0 unspecified atom stereocenters. The predicted octanol–water partition coefficient (Wildman–Crippen LogP) is 16.1. The second-order valence-corrected chi connectivity index (χ2v) is 17.4. The van der Waals surface area contributed by atoms with E-state index in [1.807, 2.05) is 0 Å². The normalized spacial score (nSPS) is 14.1. The average Bonchev–Trinajstić information content (AvgIpc) is 4.12. The van der Waals surface area contributed by atoms with E-state index in [0.29, 0.717) is 0 Å². The molecule has 0 spiro atoms. The van der Waals surface area contributed by atoms with Crippen molar-refractivity contribution in [2.24, 2.45) is 0 Å². The molecule has 10 radical (unpaired) electrons. The molecule has 12 rings (SSSR count). The Bertz CT molecular complexity index is 2560. The zero-order valence-corrected chi connectivity index (χ0v) is 45.4. The average molecular weight is 1110 g/mol. The van der Waals surface area contributed by atoms with Crippen LogP contribution in [0, 0.1) is 85.8 Å². The molecule has 10 aromatic rings. The van der Waals surface area contributed by atoms with Gasteiger partial charge in [0.2, 0.25) is 0 Å². The summed E-state index contributed by atoms with van der Waals surface area (Å²) in [6.45, 7) is 18.0. The van der Waals surface area contributed by atoms with Gasteiger partial charge in [0.1, 0.15) is 0 Å². The van der Waals surface area contributed by atoms with Crippen LogP contribution in [-0.4, -0.2) is 0 Å². The molecule has 4 nitrogen and oxygen atoms in total. The van der Waals surface area contributed by atoms with Crippen molar-refractivity contribution in [3.63, 3.8) is 0 Å². The summed E-state index contributed by atoms with van der Waals surface area (Å²) in [6.07, 6.45) is 0. The Morgan fingerprint density at radius 3 is 0.250 bits per heavy atom. The van der Waals surface area contributed by atoms with Gasteiger partial charge < -0.3 is 0 Å². The van der Waals surface area contributed by atoms with Crippen molar-refractivity contribution in [3.05, 3.63) is 445 Å². The summed E-state index contributed by atoms with van der Waals surface area (Å²) in [5.41, 5.74) is 12.3. The van der Waals surface area contributed by atoms with E-state index in [2.05, 4.69) is 330 Å². The molecule has 0 atom stereocenters. The minimum Gasteiger partial charge on any atom is -0.0622 e. The molecule has 0 heterocycles. The van der Waals surface area contributed by atoms with Crippen LogP contribution in [0.1, 0.15) is 55.6 Å². The van der Waals surface area contributed by atoms with Crippen LogP contribution in [0.5, 0.6) is 0 Å². The standard InChI is InChI=1S/2C35H25.4CO.2Fe/c2*1-6-16-26(17-7-1)31-32(27-18-8-2-9-19-27)34(29-22-12-4-13-23-29)35(30-24-14-5-15-25-30)33(31)28-20-10-3-11-21-28;4*1-2;;/h2*1-25H;;;;;;. The second kappa shape index (κ2) is 33.6. The minimum atomic E-state index is 0. The van der Waals surface area contributed by atoms with Gasteiger partial charge >= 0.3 is 45.2 Å². The van der Waals surface area contributed by atoms with Crippen LogP contribution in [0.3, 0.4) is 0 Å². The Morgan fingerprint density at radius 2 is 0.188 bits per heavy atom. The van der Waals surface area contributed by atoms with Gasteiger partial charge in [-0.2, -0.15) is 0 Å². The summed E-state index contributed by atoms with van der Waals surface area (Å²) in [6, 6.07) is 108. The third-order valence-corrected chi connectivity index (χ3v) is 13.1. The van der Waals surface area contributed by atoms with Crippen LogP contribution in [0.25, 0.3) is 0 Å². The van der Waals surface area contributed by atoms with Gasteiger partial charge in [-0.1, -0.05) is 303 Å². The maximum atomic E-state index is 7.50. The molecule has 10 aromatic carbocycles. The molecule has 0 aliphatic heterocycles. The van der Waals surface area contributed by atoms with E-state index in [0.717, 1.165) is 0 Å². The van der Waals surface area contributed by atoms with Crippen molar-refractivity contribution in [1.29, 1.82) is 0 Å². The van der Waals surface area contributed by atoms with Crippen molar-refractivity contribution >= 4 is 0 Å². The molecule has 0 aromatic heterocycles. The fourth-order valence-electron chi connectivity index (χ4n) is 10.2. The molecule has 2 fully saturated rings. The van der Waals surface area contributed by atoms with Crippen LogP contribution in [-0.2, 0) is 52.7 Å². The largest absolute Gasteiger partial charge is 0.0622 e. The van der Waals surface area contributed by atoms with Crippen molar-refractivity contribution in [2.45, 2.75) is 0 Å². The van der Waals surface area contributed by atoms with Gasteiger partial charge in [-0.3, -0.25) is 0 Å². The third-order valence-electron chi connectivity index (χ3n) is 13.1. The van der Waals surface area contributed by atoms with Crippen LogP contribution in [0.15, 0.2) is 303 Å². The van der Waals surface area contributed by atoms with E-state index >= 15 is 0 Å². The van der Waals surface area contributed by atoms with Crippen molar-refractivity contribution in [3.8, 4) is 0 Å². The Morgan fingerprint density at radius 1 is 0.125 bits per heavy atom. The van der Waals surface area contributed by atoms with Gasteiger partial charge in [0, 0.05) is 93.3 Å². The second-order valence-electron chi connectivity index (χ2n) is 17.4. The summed E-state index contributed by atoms with van der Waals surface area (Å²) in [5.74, 6) is 12.8. The van der Waals surface area contributed by atoms with Crippen molar-refractivity contribution in [1.82, 2.24) is 0 Å². The van der Waals surface area contributed by atoms with Gasteiger partial charge in [0.05, 0.1) is 0 Å². The Labute approximate surface area is 494 Å². The zero-order valence-electron chi connectivity index (χ0n) is 43.2. The molecular weight excluding hydrogens is 1060 g/mol. The zero-order chi connectivity index (χ0) is 54.9. The predicted molar refractivity (Wildman–Crippen MR) is 304 cm³/mol. The minimum absolute atomic E-state index is 0. The van der Waals surface area contributed by atoms with Crippen molar-refractivity contribution in [2.75, 3.05) is 0 Å². The molecule has 2 aliphatic rings. The fourth-order valence-corrected chi connectivity index (χ4v) is 10.2. The third kappa shape index (κ3) is 14.5. The molecule has 0 amide bonds. The molecule has 0 bridgehead atoms. The summed E-state index contributed by atoms with van der Waals surface area (Å²) < 4.78 is 30.0.